The van der Waals surface area contributed by atoms with Crippen molar-refractivity contribution in [2.75, 3.05) is 38.6 Å². The number of hydrogen-bond acceptors (Lipinski definition) is 5. The van der Waals surface area contributed by atoms with Crippen LogP contribution in [0.2, 0.25) is 0 Å². The van der Waals surface area contributed by atoms with Gasteiger partial charge in [0.05, 0.1) is 18.2 Å². The lowest BCUT2D eigenvalue weighted by molar-refractivity contribution is 0.0952. The Hall–Kier alpha value is -3.12. The van der Waals surface area contributed by atoms with Crippen molar-refractivity contribution in [3.8, 4) is 5.75 Å². The molecule has 1 heterocycles. The number of fused-ring (bicyclic) bond motifs is 1. The molecule has 0 bridgehead atoms. The number of benzene rings is 2. The van der Waals surface area contributed by atoms with Crippen LogP contribution < -0.4 is 15.4 Å². The minimum absolute atomic E-state index is 0.0735. The van der Waals surface area contributed by atoms with Crippen LogP contribution in [0.1, 0.15) is 44.5 Å². The number of carbonyl (C=O) groups is 1. The Morgan fingerprint density at radius 3 is 2.32 bits per heavy atom. The van der Waals surface area contributed by atoms with Crippen LogP contribution >= 0.6 is 0 Å². The lowest BCUT2D eigenvalue weighted by Gasteiger charge is -2.26. The summed E-state index contributed by atoms with van der Waals surface area (Å²) in [6, 6.07) is 17.2. The van der Waals surface area contributed by atoms with Crippen molar-refractivity contribution < 1.29 is 9.53 Å². The third kappa shape index (κ3) is 7.45. The summed E-state index contributed by atoms with van der Waals surface area (Å²) in [6.45, 7) is 12.8. The Bertz CT molecular complexity index is 1050. The molecule has 0 fully saturated rings. The zero-order chi connectivity index (χ0) is 24.5. The fourth-order valence-corrected chi connectivity index (χ4v) is 4.14. The van der Waals surface area contributed by atoms with Crippen LogP contribution in [0.25, 0.3) is 10.9 Å². The lowest BCUT2D eigenvalue weighted by atomic mass is 10.1. The molecule has 34 heavy (non-hydrogen) atoms. The van der Waals surface area contributed by atoms with Gasteiger partial charge in [-0.1, -0.05) is 45.9 Å². The van der Waals surface area contributed by atoms with E-state index in [1.807, 2.05) is 54.6 Å². The number of hydrogen-bond donors (Lipinski definition) is 2. The number of para-hydroxylation sites is 1. The van der Waals surface area contributed by atoms with Gasteiger partial charge in [-0.15, -0.1) is 0 Å². The minimum atomic E-state index is -0.0735. The van der Waals surface area contributed by atoms with E-state index in [-0.39, 0.29) is 5.91 Å². The second-order valence-corrected chi connectivity index (χ2v) is 9.58. The average molecular weight is 463 g/mol. The van der Waals surface area contributed by atoms with Crippen molar-refractivity contribution >= 4 is 28.3 Å². The highest BCUT2D eigenvalue weighted by Crippen LogP contribution is 2.24. The quantitative estimate of drug-likeness (QED) is 0.337. The number of anilines is 2. The van der Waals surface area contributed by atoms with Crippen LogP contribution in [0.5, 0.6) is 5.75 Å². The summed E-state index contributed by atoms with van der Waals surface area (Å²) >= 11 is 0. The van der Waals surface area contributed by atoms with Crippen molar-refractivity contribution in [3.05, 3.63) is 60.2 Å². The highest BCUT2D eigenvalue weighted by atomic mass is 16.5. The number of carbonyl (C=O) groups excluding carboxylic acids is 1. The maximum absolute atomic E-state index is 13.2. The number of nitrogens with one attached hydrogen (secondary N) is 2. The molecule has 1 amide bonds. The molecule has 0 radical (unpaired) electrons. The van der Waals surface area contributed by atoms with Crippen molar-refractivity contribution in [2.24, 2.45) is 11.8 Å². The van der Waals surface area contributed by atoms with Crippen molar-refractivity contribution in [1.29, 1.82) is 0 Å². The molecule has 6 nitrogen and oxygen atoms in total. The van der Waals surface area contributed by atoms with E-state index >= 15 is 0 Å². The zero-order valence-electron chi connectivity index (χ0n) is 21.1. The SMILES string of the molecule is COc1ccc(Nc2cc(C(=O)NCCCN(CC(C)C)CC(C)C)c3ccccc3n2)cc1. The maximum Gasteiger partial charge on any atom is 0.252 e. The van der Waals surface area contributed by atoms with Crippen LogP contribution in [0.3, 0.4) is 0 Å². The van der Waals surface area contributed by atoms with Gasteiger partial charge in [0.2, 0.25) is 0 Å². The van der Waals surface area contributed by atoms with Crippen LogP contribution in [0.15, 0.2) is 54.6 Å². The van der Waals surface area contributed by atoms with Crippen molar-refractivity contribution in [3.63, 3.8) is 0 Å². The first-order valence-corrected chi connectivity index (χ1v) is 12.2. The van der Waals surface area contributed by atoms with Gasteiger partial charge in [-0.3, -0.25) is 4.79 Å². The summed E-state index contributed by atoms with van der Waals surface area (Å²) in [5, 5.41) is 7.28. The van der Waals surface area contributed by atoms with Gasteiger partial charge in [-0.05, 0) is 61.2 Å². The fraction of sp³-hybridized carbons (Fsp3) is 0.429. The Morgan fingerprint density at radius 2 is 1.68 bits per heavy atom. The molecular weight excluding hydrogens is 424 g/mol. The van der Waals surface area contributed by atoms with Gasteiger partial charge < -0.3 is 20.3 Å². The molecule has 2 aromatic carbocycles. The summed E-state index contributed by atoms with van der Waals surface area (Å²) in [7, 11) is 1.64. The van der Waals surface area contributed by atoms with Gasteiger partial charge in [0, 0.05) is 30.7 Å². The predicted octanol–water partition coefficient (Wildman–Crippen LogP) is 5.72. The number of aromatic nitrogens is 1. The molecule has 1 aromatic heterocycles. The topological polar surface area (TPSA) is 66.5 Å². The molecule has 0 saturated carbocycles. The lowest BCUT2D eigenvalue weighted by Crippen LogP contribution is -2.34. The van der Waals surface area contributed by atoms with Gasteiger partial charge in [0.15, 0.2) is 0 Å². The monoisotopic (exact) mass is 462 g/mol. The van der Waals surface area contributed by atoms with Gasteiger partial charge >= 0.3 is 0 Å². The number of nitrogens with zero attached hydrogens (tertiary/aromatic N) is 2. The molecule has 0 aliphatic carbocycles. The van der Waals surface area contributed by atoms with E-state index in [1.54, 1.807) is 7.11 Å². The van der Waals surface area contributed by atoms with Gasteiger partial charge in [0.1, 0.15) is 11.6 Å². The first kappa shape index (κ1) is 25.5. The van der Waals surface area contributed by atoms with E-state index in [9.17, 15) is 4.79 Å². The van der Waals surface area contributed by atoms with E-state index in [0.29, 0.717) is 29.8 Å². The molecular formula is C28H38N4O2. The van der Waals surface area contributed by atoms with Crippen molar-refractivity contribution in [2.45, 2.75) is 34.1 Å². The summed E-state index contributed by atoms with van der Waals surface area (Å²) in [6.07, 6.45) is 0.922. The molecule has 182 valence electrons. The number of rotatable bonds is 12. The van der Waals surface area contributed by atoms with E-state index < -0.39 is 0 Å². The molecule has 0 unspecified atom stereocenters. The second kappa shape index (κ2) is 12.4. The summed E-state index contributed by atoms with van der Waals surface area (Å²) in [4.78, 5) is 20.4. The van der Waals surface area contributed by atoms with Crippen LogP contribution in [-0.2, 0) is 0 Å². The number of pyridine rings is 1. The molecule has 0 spiro atoms. The molecule has 3 aromatic rings. The largest absolute Gasteiger partial charge is 0.497 e. The predicted molar refractivity (Wildman–Crippen MR) is 141 cm³/mol. The van der Waals surface area contributed by atoms with Crippen LogP contribution in [0.4, 0.5) is 11.5 Å². The minimum Gasteiger partial charge on any atom is -0.497 e. The highest BCUT2D eigenvalue weighted by molar-refractivity contribution is 6.07. The normalized spacial score (nSPS) is 11.4. The maximum atomic E-state index is 13.2. The van der Waals surface area contributed by atoms with Crippen molar-refractivity contribution in [1.82, 2.24) is 15.2 Å². The first-order chi connectivity index (χ1) is 16.4. The summed E-state index contributed by atoms with van der Waals surface area (Å²) in [5.74, 6) is 2.61. The Kier molecular flexibility index (Phi) is 9.28. The summed E-state index contributed by atoms with van der Waals surface area (Å²) in [5.41, 5.74) is 2.29. The molecule has 0 atom stereocenters. The number of amides is 1. The molecule has 0 saturated heterocycles. The Morgan fingerprint density at radius 1 is 1.00 bits per heavy atom. The van der Waals surface area contributed by atoms with E-state index in [2.05, 4.69) is 43.2 Å². The Balaban J connectivity index is 1.68. The third-order valence-electron chi connectivity index (χ3n) is 5.51. The smallest absolute Gasteiger partial charge is 0.252 e. The van der Waals surface area contributed by atoms with Gasteiger partial charge in [0.25, 0.3) is 5.91 Å². The number of ether oxygens (including phenoxy) is 1. The summed E-state index contributed by atoms with van der Waals surface area (Å²) < 4.78 is 5.23. The fourth-order valence-electron chi connectivity index (χ4n) is 4.14. The number of methoxy groups -OCH3 is 1. The molecule has 2 N–H and O–H groups in total. The van der Waals surface area contributed by atoms with Gasteiger partial charge in [-0.2, -0.15) is 0 Å². The molecule has 0 aliphatic heterocycles. The molecule has 6 heteroatoms. The third-order valence-corrected chi connectivity index (χ3v) is 5.51. The average Bonchev–Trinajstić information content (AvgIpc) is 2.81. The second-order valence-electron chi connectivity index (χ2n) is 9.58. The first-order valence-electron chi connectivity index (χ1n) is 12.2. The van der Waals surface area contributed by atoms with Crippen LogP contribution in [-0.4, -0.2) is 49.1 Å². The highest BCUT2D eigenvalue weighted by Gasteiger charge is 2.14. The molecule has 3 rings (SSSR count). The van der Waals surface area contributed by atoms with E-state index in [4.69, 9.17) is 9.72 Å². The zero-order valence-corrected chi connectivity index (χ0v) is 21.1. The Labute approximate surface area is 203 Å². The van der Waals surface area contributed by atoms with E-state index in [1.165, 1.54) is 0 Å². The molecule has 0 aliphatic rings. The van der Waals surface area contributed by atoms with Gasteiger partial charge in [-0.25, -0.2) is 4.98 Å². The van der Waals surface area contributed by atoms with E-state index in [0.717, 1.165) is 48.4 Å². The van der Waals surface area contributed by atoms with Crippen LogP contribution in [0, 0.1) is 11.8 Å². The standard InChI is InChI=1S/C28H38N4O2/c1-20(2)18-32(19-21(3)4)16-8-15-29-28(33)25-17-27(31-26-10-7-6-9-24(25)26)30-22-11-13-23(34-5)14-12-22/h6-7,9-14,17,20-21H,8,15-16,18-19H2,1-5H3,(H,29,33)(H,30,31).